The third-order valence-electron chi connectivity index (χ3n) is 6.71. The molecule has 0 fully saturated rings. The Morgan fingerprint density at radius 2 is 2.00 bits per heavy atom. The number of halogens is 1. The minimum atomic E-state index is -0.621. The van der Waals surface area contributed by atoms with Crippen LogP contribution in [0.1, 0.15) is 53.4 Å². The first-order valence-electron chi connectivity index (χ1n) is 15.3. The highest BCUT2D eigenvalue weighted by Gasteiger charge is 2.22. The second-order valence-corrected chi connectivity index (χ2v) is 11.8. The highest BCUT2D eigenvalue weighted by molar-refractivity contribution is 6.02. The molecule has 10 nitrogen and oxygen atoms in total. The molecule has 2 atom stereocenters. The van der Waals surface area contributed by atoms with Gasteiger partial charge in [-0.3, -0.25) is 14.6 Å². The Balaban J connectivity index is 1.60. The average molecular weight is 621 g/mol. The maximum atomic E-state index is 13.6. The first-order valence-corrected chi connectivity index (χ1v) is 15.3. The van der Waals surface area contributed by atoms with Gasteiger partial charge in [-0.15, -0.1) is 5.73 Å². The smallest absolute Gasteiger partial charge is 0.410 e. The molecule has 4 N–H and O–H groups in total. The highest BCUT2D eigenvalue weighted by atomic mass is 19.1. The zero-order valence-electron chi connectivity index (χ0n) is 26.8. The summed E-state index contributed by atoms with van der Waals surface area (Å²) in [6, 6.07) is -0.496. The number of amidine groups is 1. The van der Waals surface area contributed by atoms with Crippen LogP contribution in [0.5, 0.6) is 0 Å². The number of nitrogens with zero attached hydrogens (tertiary/aromatic N) is 2. The van der Waals surface area contributed by atoms with Gasteiger partial charge in [0.1, 0.15) is 11.4 Å². The number of rotatable bonds is 12. The van der Waals surface area contributed by atoms with E-state index in [1.54, 1.807) is 64.4 Å². The Morgan fingerprint density at radius 3 is 2.76 bits per heavy atom. The van der Waals surface area contributed by atoms with Crippen LogP contribution in [0.3, 0.4) is 0 Å². The molecule has 1 aliphatic heterocycles. The van der Waals surface area contributed by atoms with Gasteiger partial charge in [-0.25, -0.2) is 9.18 Å². The van der Waals surface area contributed by atoms with E-state index in [1.165, 1.54) is 11.0 Å². The summed E-state index contributed by atoms with van der Waals surface area (Å²) < 4.78 is 18.9. The lowest BCUT2D eigenvalue weighted by molar-refractivity contribution is -0.120. The van der Waals surface area contributed by atoms with Crippen molar-refractivity contribution in [2.45, 2.75) is 71.1 Å². The summed E-state index contributed by atoms with van der Waals surface area (Å²) in [4.78, 5) is 44.3. The molecule has 0 radical (unpaired) electrons. The van der Waals surface area contributed by atoms with Gasteiger partial charge in [-0.1, -0.05) is 25.2 Å². The number of Topliss-reactive ketones (excluding diaryl/α,β-unsaturated/α-hetero) is 1. The van der Waals surface area contributed by atoms with Gasteiger partial charge in [-0.05, 0) is 70.5 Å². The van der Waals surface area contributed by atoms with Crippen LogP contribution in [0.2, 0.25) is 0 Å². The van der Waals surface area contributed by atoms with Crippen LogP contribution in [0.25, 0.3) is 0 Å². The molecule has 3 rings (SSSR count). The summed E-state index contributed by atoms with van der Waals surface area (Å²) in [6.07, 6.45) is 18.6. The Morgan fingerprint density at radius 1 is 1.20 bits per heavy atom. The fourth-order valence-electron chi connectivity index (χ4n) is 4.36. The zero-order chi connectivity index (χ0) is 32.8. The van der Waals surface area contributed by atoms with Crippen molar-refractivity contribution in [3.63, 3.8) is 0 Å². The molecule has 0 saturated heterocycles. The molecular formula is C34H45FN6O4. The summed E-state index contributed by atoms with van der Waals surface area (Å²) in [6.45, 7) is 8.32. The highest BCUT2D eigenvalue weighted by Crippen LogP contribution is 2.17. The van der Waals surface area contributed by atoms with Crippen molar-refractivity contribution in [1.29, 1.82) is 0 Å². The van der Waals surface area contributed by atoms with Gasteiger partial charge in [0.05, 0.1) is 30.2 Å². The number of ketones is 1. The minimum absolute atomic E-state index is 0.00647. The molecule has 2 aliphatic carbocycles. The van der Waals surface area contributed by atoms with Crippen LogP contribution < -0.4 is 21.3 Å². The van der Waals surface area contributed by atoms with Crippen LogP contribution in [-0.2, 0) is 14.3 Å². The summed E-state index contributed by atoms with van der Waals surface area (Å²) >= 11 is 0. The van der Waals surface area contributed by atoms with Gasteiger partial charge in [0.25, 0.3) is 0 Å². The molecule has 2 unspecified atom stereocenters. The third kappa shape index (κ3) is 12.6. The topological polar surface area (TPSA) is 124 Å². The molecule has 11 heteroatoms. The summed E-state index contributed by atoms with van der Waals surface area (Å²) in [5.41, 5.74) is 4.00. The van der Waals surface area contributed by atoms with Crippen molar-refractivity contribution in [3.05, 3.63) is 89.4 Å². The molecule has 0 aromatic carbocycles. The normalized spacial score (nSPS) is 20.4. The van der Waals surface area contributed by atoms with Gasteiger partial charge < -0.3 is 30.9 Å². The Labute approximate surface area is 265 Å². The Hall–Kier alpha value is -4.47. The maximum absolute atomic E-state index is 13.6. The fourth-order valence-corrected chi connectivity index (χ4v) is 4.36. The monoisotopic (exact) mass is 620 g/mol. The number of carbonyl (C=O) groups is 3. The zero-order valence-corrected chi connectivity index (χ0v) is 26.8. The number of ether oxygens (including phenoxy) is 1. The molecule has 1 heterocycles. The second-order valence-electron chi connectivity index (χ2n) is 11.8. The molecule has 3 aliphatic rings. The molecule has 0 saturated carbocycles. The maximum Gasteiger partial charge on any atom is 0.410 e. The van der Waals surface area contributed by atoms with Crippen LogP contribution >= 0.6 is 0 Å². The largest absolute Gasteiger partial charge is 0.444 e. The Kier molecular flexibility index (Phi) is 13.3. The van der Waals surface area contributed by atoms with E-state index in [2.05, 4.69) is 33.9 Å². The number of nitrogens with one attached hydrogen (secondary N) is 4. The number of hydrogen-bond acceptors (Lipinski definition) is 7. The van der Waals surface area contributed by atoms with Gasteiger partial charge in [0.15, 0.2) is 5.78 Å². The quantitative estimate of drug-likeness (QED) is 0.239. The van der Waals surface area contributed by atoms with E-state index in [1.807, 2.05) is 18.2 Å². The van der Waals surface area contributed by atoms with Crippen molar-refractivity contribution in [1.82, 2.24) is 26.2 Å². The number of hydrogen-bond donors (Lipinski definition) is 4. The van der Waals surface area contributed by atoms with Crippen LogP contribution in [0.4, 0.5) is 9.18 Å². The lowest BCUT2D eigenvalue weighted by Gasteiger charge is -2.24. The van der Waals surface area contributed by atoms with Crippen molar-refractivity contribution in [2.75, 3.05) is 26.7 Å². The fraction of sp³-hybridized carbons (Fsp3) is 0.441. The SMILES string of the molecule is CCCNC1C=CC(=NC2C=CC=C(F)CC2)NC=C1C(=O)CNC1=CC=C=CC(NC(=O)CCN(C)C(=O)OC(C)(C)C)=C1. The number of amides is 2. The molecule has 45 heavy (non-hydrogen) atoms. The van der Waals surface area contributed by atoms with Crippen molar-refractivity contribution in [3.8, 4) is 0 Å². The Bertz CT molecular complexity index is 1390. The van der Waals surface area contributed by atoms with Gasteiger partial charge in [0, 0.05) is 50.0 Å². The first-order chi connectivity index (χ1) is 21.4. The van der Waals surface area contributed by atoms with Crippen LogP contribution in [-0.4, -0.2) is 72.9 Å². The lowest BCUT2D eigenvalue weighted by atomic mass is 10.0. The predicted molar refractivity (Wildman–Crippen MR) is 175 cm³/mol. The average Bonchev–Trinajstić information content (AvgIpc) is 3.42. The molecule has 0 spiro atoms. The van der Waals surface area contributed by atoms with E-state index in [4.69, 9.17) is 9.73 Å². The molecule has 2 amide bonds. The minimum Gasteiger partial charge on any atom is -0.444 e. The standard InChI is InChI=1S/C34H45FN6O4/c1-6-19-36-29-16-17-31(39-25-13-9-10-24(35)14-15-25)38-22-28(29)30(42)23-37-26-11-7-8-12-27(21-26)40-32(43)18-20-41(5)33(44)45-34(2,3)4/h7,9-13,16-17,21-22,25,29,36-37H,6,14-15,18-20,23H2,1-5H3,(H,38,39)(H,40,43). The van der Waals surface area contributed by atoms with Crippen molar-refractivity contribution < 1.29 is 23.5 Å². The van der Waals surface area contributed by atoms with Crippen LogP contribution in [0, 0.1) is 0 Å². The van der Waals surface area contributed by atoms with Gasteiger partial charge >= 0.3 is 6.09 Å². The second kappa shape index (κ2) is 17.1. The van der Waals surface area contributed by atoms with E-state index >= 15 is 0 Å². The molecule has 0 bridgehead atoms. The van der Waals surface area contributed by atoms with E-state index in [0.717, 1.165) is 13.0 Å². The van der Waals surface area contributed by atoms with E-state index in [9.17, 15) is 18.8 Å². The number of allylic oxidation sites excluding steroid dienone is 6. The number of aliphatic imine (C=N–C) groups is 1. The lowest BCUT2D eigenvalue weighted by Crippen LogP contribution is -2.36. The molecule has 242 valence electrons. The predicted octanol–water partition coefficient (Wildman–Crippen LogP) is 4.39. The van der Waals surface area contributed by atoms with E-state index < -0.39 is 11.7 Å². The summed E-state index contributed by atoms with van der Waals surface area (Å²) in [5.74, 6) is 0.0182. The van der Waals surface area contributed by atoms with E-state index in [-0.39, 0.29) is 49.1 Å². The first kappa shape index (κ1) is 35.0. The van der Waals surface area contributed by atoms with Crippen molar-refractivity contribution in [2.24, 2.45) is 4.99 Å². The van der Waals surface area contributed by atoms with Gasteiger partial charge in [0.2, 0.25) is 5.91 Å². The van der Waals surface area contributed by atoms with Crippen LogP contribution in [0.15, 0.2) is 94.4 Å². The van der Waals surface area contributed by atoms with Gasteiger partial charge in [-0.2, -0.15) is 0 Å². The summed E-state index contributed by atoms with van der Waals surface area (Å²) in [7, 11) is 1.58. The number of carbonyl (C=O) groups excluding carboxylic acids is 3. The molecule has 0 aromatic heterocycles. The molecule has 0 aromatic rings. The summed E-state index contributed by atoms with van der Waals surface area (Å²) in [5, 5.41) is 12.5. The third-order valence-corrected chi connectivity index (χ3v) is 6.71. The van der Waals surface area contributed by atoms with Crippen molar-refractivity contribution >= 4 is 23.6 Å². The molecular weight excluding hydrogens is 575 g/mol. The van der Waals surface area contributed by atoms with E-state index in [0.29, 0.717) is 35.6 Å².